The van der Waals surface area contributed by atoms with Crippen LogP contribution in [0.5, 0.6) is 5.88 Å². The van der Waals surface area contributed by atoms with Crippen LogP contribution >= 0.6 is 15.9 Å². The van der Waals surface area contributed by atoms with E-state index >= 15 is 0 Å². The molecule has 1 unspecified atom stereocenters. The molecular weight excluding hydrogens is 366 g/mol. The number of H-pyrrole nitrogens is 2. The lowest BCUT2D eigenvalue weighted by molar-refractivity contribution is -0.167. The van der Waals surface area contributed by atoms with Crippen molar-refractivity contribution in [3.63, 3.8) is 0 Å². The number of carbonyl (C=O) groups is 1. The normalized spacial score (nSPS) is 19.4. The van der Waals surface area contributed by atoms with Crippen LogP contribution in [0.25, 0.3) is 0 Å². The number of ether oxygens (including phenoxy) is 1. The molecule has 2 N–H and O–H groups in total. The maximum absolute atomic E-state index is 14.3. The number of rotatable bonds is 1. The zero-order valence-corrected chi connectivity index (χ0v) is 12.2. The summed E-state index contributed by atoms with van der Waals surface area (Å²) in [6, 6.07) is 5.72. The second-order valence-electron chi connectivity index (χ2n) is 4.65. The summed E-state index contributed by atoms with van der Waals surface area (Å²) in [6.07, 6.45) is 0. The van der Waals surface area contributed by atoms with Crippen molar-refractivity contribution < 1.29 is 18.3 Å². The van der Waals surface area contributed by atoms with Crippen LogP contribution in [0.2, 0.25) is 0 Å². The molecule has 0 saturated carbocycles. The fourth-order valence-electron chi connectivity index (χ4n) is 2.31. The number of halogens is 3. The number of carbonyl (C=O) groups excluding carboxylic acids is 1. The van der Waals surface area contributed by atoms with Gasteiger partial charge in [-0.3, -0.25) is 14.8 Å². The van der Waals surface area contributed by atoms with Crippen molar-refractivity contribution in [3.8, 4) is 5.88 Å². The zero-order chi connectivity index (χ0) is 16.1. The van der Waals surface area contributed by atoms with Gasteiger partial charge in [0.05, 0.1) is 11.5 Å². The average Bonchev–Trinajstić information content (AvgIpc) is 2.42. The highest BCUT2D eigenvalue weighted by Gasteiger charge is 2.56. The molecule has 0 amide bonds. The zero-order valence-electron chi connectivity index (χ0n) is 10.7. The van der Waals surface area contributed by atoms with Gasteiger partial charge in [-0.25, -0.2) is 9.59 Å². The standard InChI is InChI=1S/C13H7BrF2N2O4/c14-6-3-1-5(2-4-6)8-7-9(19)17-12(21)18-10(7)22-11(20)13(8,15)16/h1-4,8H,(H2,17,18,19,21). The third kappa shape index (κ3) is 2.17. The van der Waals surface area contributed by atoms with E-state index < -0.39 is 40.5 Å². The predicted octanol–water partition coefficient (Wildman–Crippen LogP) is 1.51. The van der Waals surface area contributed by atoms with Crippen LogP contribution in [0.4, 0.5) is 8.78 Å². The molecule has 0 spiro atoms. The number of hydrogen-bond donors (Lipinski definition) is 2. The SMILES string of the molecule is O=C1Oc2[nH]c(=O)[nH]c(=O)c2C(c2ccc(Br)cc2)C1(F)F. The van der Waals surface area contributed by atoms with Crippen LogP contribution in [-0.2, 0) is 4.79 Å². The largest absolute Gasteiger partial charge is 0.404 e. The van der Waals surface area contributed by atoms with E-state index in [9.17, 15) is 23.2 Å². The van der Waals surface area contributed by atoms with E-state index in [0.717, 1.165) is 0 Å². The first-order valence-corrected chi connectivity index (χ1v) is 6.82. The smallest absolute Gasteiger partial charge is 0.384 e. The molecule has 2 aromatic rings. The quantitative estimate of drug-likeness (QED) is 0.742. The van der Waals surface area contributed by atoms with Gasteiger partial charge in [-0.05, 0) is 17.7 Å². The molecule has 1 aromatic heterocycles. The Labute approximate surface area is 129 Å². The maximum atomic E-state index is 14.3. The summed E-state index contributed by atoms with van der Waals surface area (Å²) >= 11 is 3.17. The Morgan fingerprint density at radius 3 is 2.36 bits per heavy atom. The van der Waals surface area contributed by atoms with Crippen molar-refractivity contribution in [3.05, 3.63) is 60.7 Å². The summed E-state index contributed by atoms with van der Waals surface area (Å²) in [4.78, 5) is 38.6. The van der Waals surface area contributed by atoms with Gasteiger partial charge in [0, 0.05) is 4.47 Å². The summed E-state index contributed by atoms with van der Waals surface area (Å²) in [5, 5.41) is 0. The second kappa shape index (κ2) is 4.87. The third-order valence-corrected chi connectivity index (χ3v) is 3.79. The lowest BCUT2D eigenvalue weighted by Crippen LogP contribution is -2.47. The fourth-order valence-corrected chi connectivity index (χ4v) is 2.57. The van der Waals surface area contributed by atoms with E-state index in [0.29, 0.717) is 4.47 Å². The number of nitrogens with one attached hydrogen (secondary N) is 2. The highest BCUT2D eigenvalue weighted by Crippen LogP contribution is 2.44. The van der Waals surface area contributed by atoms with E-state index in [1.54, 1.807) is 0 Å². The maximum Gasteiger partial charge on any atom is 0.384 e. The third-order valence-electron chi connectivity index (χ3n) is 3.26. The Morgan fingerprint density at radius 2 is 1.73 bits per heavy atom. The number of aromatic amines is 2. The van der Waals surface area contributed by atoms with Gasteiger partial charge < -0.3 is 4.74 Å². The van der Waals surface area contributed by atoms with Crippen LogP contribution in [0.3, 0.4) is 0 Å². The monoisotopic (exact) mass is 372 g/mol. The number of hydrogen-bond acceptors (Lipinski definition) is 4. The van der Waals surface area contributed by atoms with Gasteiger partial charge in [-0.1, -0.05) is 28.1 Å². The Morgan fingerprint density at radius 1 is 1.09 bits per heavy atom. The topological polar surface area (TPSA) is 92.0 Å². The van der Waals surface area contributed by atoms with Crippen molar-refractivity contribution in [1.82, 2.24) is 9.97 Å². The summed E-state index contributed by atoms with van der Waals surface area (Å²) in [7, 11) is 0. The van der Waals surface area contributed by atoms with Gasteiger partial charge in [0.1, 0.15) is 0 Å². The van der Waals surface area contributed by atoms with Crippen LogP contribution in [0, 0.1) is 0 Å². The van der Waals surface area contributed by atoms with E-state index in [4.69, 9.17) is 0 Å². The summed E-state index contributed by atoms with van der Waals surface area (Å²) in [6.45, 7) is 0. The number of aromatic nitrogens is 2. The van der Waals surface area contributed by atoms with Crippen LogP contribution in [0.1, 0.15) is 17.0 Å². The molecule has 1 atom stereocenters. The van der Waals surface area contributed by atoms with Gasteiger partial charge in [-0.2, -0.15) is 8.78 Å². The van der Waals surface area contributed by atoms with Crippen molar-refractivity contribution in [2.24, 2.45) is 0 Å². The molecule has 1 aliphatic heterocycles. The average molecular weight is 373 g/mol. The Hall–Kier alpha value is -2.29. The summed E-state index contributed by atoms with van der Waals surface area (Å²) in [5.74, 6) is -8.17. The molecule has 22 heavy (non-hydrogen) atoms. The Bertz CT molecular complexity index is 873. The second-order valence-corrected chi connectivity index (χ2v) is 5.56. The number of fused-ring (bicyclic) bond motifs is 1. The van der Waals surface area contributed by atoms with Crippen LogP contribution in [-0.4, -0.2) is 21.9 Å². The van der Waals surface area contributed by atoms with E-state index in [2.05, 4.69) is 25.7 Å². The van der Waals surface area contributed by atoms with Gasteiger partial charge in [-0.15, -0.1) is 0 Å². The molecule has 0 fully saturated rings. The van der Waals surface area contributed by atoms with E-state index in [-0.39, 0.29) is 5.56 Å². The molecule has 0 bridgehead atoms. The molecule has 0 saturated heterocycles. The first-order valence-electron chi connectivity index (χ1n) is 6.02. The van der Waals surface area contributed by atoms with Crippen molar-refractivity contribution >= 4 is 21.9 Å². The number of esters is 1. The van der Waals surface area contributed by atoms with Gasteiger partial charge in [0.2, 0.25) is 5.88 Å². The van der Waals surface area contributed by atoms with Crippen molar-refractivity contribution in [1.29, 1.82) is 0 Å². The molecule has 0 aliphatic carbocycles. The van der Waals surface area contributed by atoms with Gasteiger partial charge in [0.15, 0.2) is 0 Å². The Kier molecular flexibility index (Phi) is 3.24. The molecule has 1 aromatic carbocycles. The van der Waals surface area contributed by atoms with Crippen molar-refractivity contribution in [2.45, 2.75) is 11.8 Å². The molecule has 9 heteroatoms. The molecule has 6 nitrogen and oxygen atoms in total. The fraction of sp³-hybridized carbons (Fsp3) is 0.154. The van der Waals surface area contributed by atoms with E-state index in [1.807, 2.05) is 4.98 Å². The molecule has 114 valence electrons. The first-order chi connectivity index (χ1) is 10.3. The summed E-state index contributed by atoms with van der Waals surface area (Å²) in [5.41, 5.74) is -2.43. The minimum absolute atomic E-state index is 0.0450. The highest BCUT2D eigenvalue weighted by molar-refractivity contribution is 9.10. The lowest BCUT2D eigenvalue weighted by atomic mass is 9.85. The molecular formula is C13H7BrF2N2O4. The van der Waals surface area contributed by atoms with Gasteiger partial charge in [0.25, 0.3) is 5.56 Å². The molecule has 3 rings (SSSR count). The minimum atomic E-state index is -3.94. The lowest BCUT2D eigenvalue weighted by Gasteiger charge is -2.30. The summed E-state index contributed by atoms with van der Waals surface area (Å²) < 4.78 is 33.6. The minimum Gasteiger partial charge on any atom is -0.404 e. The predicted molar refractivity (Wildman–Crippen MR) is 74.3 cm³/mol. The van der Waals surface area contributed by atoms with Gasteiger partial charge >= 0.3 is 17.6 Å². The molecule has 1 aliphatic rings. The molecule has 2 heterocycles. The van der Waals surface area contributed by atoms with E-state index in [1.165, 1.54) is 24.3 Å². The Balaban J connectivity index is 2.31. The van der Waals surface area contributed by atoms with Crippen LogP contribution < -0.4 is 16.0 Å². The van der Waals surface area contributed by atoms with Crippen molar-refractivity contribution in [2.75, 3.05) is 0 Å². The van der Waals surface area contributed by atoms with Crippen LogP contribution in [0.15, 0.2) is 38.3 Å². The molecule has 0 radical (unpaired) electrons. The highest BCUT2D eigenvalue weighted by atomic mass is 79.9. The number of benzene rings is 1. The first kappa shape index (κ1) is 14.6. The number of alkyl halides is 2.